The van der Waals surface area contributed by atoms with Gasteiger partial charge in [-0.25, -0.2) is 4.79 Å². The number of carbonyl (C=O) groups is 1. The smallest absolute Gasteiger partial charge is 0.338 e. The molecule has 0 atom stereocenters. The molecule has 0 bridgehead atoms. The molecule has 1 aromatic carbocycles. The van der Waals surface area contributed by atoms with Crippen molar-refractivity contribution in [1.29, 1.82) is 0 Å². The summed E-state index contributed by atoms with van der Waals surface area (Å²) in [6, 6.07) is 3.40. The second-order valence-electron chi connectivity index (χ2n) is 3.46. The lowest BCUT2D eigenvalue weighted by Gasteiger charge is -2.07. The van der Waals surface area contributed by atoms with Gasteiger partial charge in [0.05, 0.1) is 25.0 Å². The summed E-state index contributed by atoms with van der Waals surface area (Å²) in [4.78, 5) is 11.7. The first kappa shape index (κ1) is 11.4. The SMILES string of the molecule is CCOC(=O)c1cc(OCC)c2[nH]ncc2c1. The Labute approximate surface area is 98.7 Å². The van der Waals surface area contributed by atoms with E-state index in [0.717, 1.165) is 10.9 Å². The average Bonchev–Trinajstić information content (AvgIpc) is 2.78. The molecule has 5 nitrogen and oxygen atoms in total. The summed E-state index contributed by atoms with van der Waals surface area (Å²) in [7, 11) is 0. The first-order valence-electron chi connectivity index (χ1n) is 5.53. The third kappa shape index (κ3) is 2.22. The molecule has 1 aromatic heterocycles. The number of rotatable bonds is 4. The van der Waals surface area contributed by atoms with E-state index in [2.05, 4.69) is 10.2 Å². The number of hydrogen-bond acceptors (Lipinski definition) is 4. The molecule has 0 spiro atoms. The fourth-order valence-corrected chi connectivity index (χ4v) is 1.63. The molecule has 0 saturated heterocycles. The van der Waals surface area contributed by atoms with Crippen LogP contribution in [0, 0.1) is 0 Å². The Morgan fingerprint density at radius 2 is 2.18 bits per heavy atom. The molecule has 90 valence electrons. The summed E-state index contributed by atoms with van der Waals surface area (Å²) in [5.74, 6) is 0.266. The average molecular weight is 234 g/mol. The number of nitrogens with zero attached hydrogens (tertiary/aromatic N) is 1. The molecular weight excluding hydrogens is 220 g/mol. The molecule has 0 aliphatic carbocycles. The summed E-state index contributed by atoms with van der Waals surface area (Å²) in [6.07, 6.45) is 1.65. The minimum atomic E-state index is -0.350. The van der Waals surface area contributed by atoms with E-state index < -0.39 is 0 Å². The van der Waals surface area contributed by atoms with E-state index in [1.165, 1.54) is 0 Å². The van der Waals surface area contributed by atoms with E-state index >= 15 is 0 Å². The number of aromatic nitrogens is 2. The van der Waals surface area contributed by atoms with Crippen molar-refractivity contribution in [2.75, 3.05) is 13.2 Å². The van der Waals surface area contributed by atoms with Crippen LogP contribution in [0.15, 0.2) is 18.3 Å². The largest absolute Gasteiger partial charge is 0.492 e. The van der Waals surface area contributed by atoms with Crippen molar-refractivity contribution >= 4 is 16.9 Å². The predicted molar refractivity (Wildman–Crippen MR) is 63.2 cm³/mol. The van der Waals surface area contributed by atoms with Gasteiger partial charge in [-0.2, -0.15) is 5.10 Å². The zero-order valence-electron chi connectivity index (χ0n) is 9.82. The molecule has 0 amide bonds. The van der Waals surface area contributed by atoms with Crippen LogP contribution in [0.2, 0.25) is 0 Å². The highest BCUT2D eigenvalue weighted by atomic mass is 16.5. The predicted octanol–water partition coefficient (Wildman–Crippen LogP) is 2.14. The number of hydrogen-bond donors (Lipinski definition) is 1. The minimum absolute atomic E-state index is 0.350. The Hall–Kier alpha value is -2.04. The van der Waals surface area contributed by atoms with Crippen LogP contribution in [-0.4, -0.2) is 29.4 Å². The number of benzene rings is 1. The highest BCUT2D eigenvalue weighted by Gasteiger charge is 2.12. The quantitative estimate of drug-likeness (QED) is 0.823. The molecule has 0 aliphatic heterocycles. The topological polar surface area (TPSA) is 64.2 Å². The van der Waals surface area contributed by atoms with Crippen molar-refractivity contribution in [2.24, 2.45) is 0 Å². The van der Waals surface area contributed by atoms with Crippen molar-refractivity contribution in [3.63, 3.8) is 0 Å². The van der Waals surface area contributed by atoms with Gasteiger partial charge in [-0.15, -0.1) is 0 Å². The van der Waals surface area contributed by atoms with Crippen LogP contribution >= 0.6 is 0 Å². The molecule has 1 heterocycles. The van der Waals surface area contributed by atoms with Crippen molar-refractivity contribution in [2.45, 2.75) is 13.8 Å². The summed E-state index contributed by atoms with van der Waals surface area (Å²) in [5.41, 5.74) is 1.27. The number of esters is 1. The number of carbonyl (C=O) groups excluding carboxylic acids is 1. The molecule has 0 saturated carbocycles. The Bertz CT molecular complexity index is 534. The van der Waals surface area contributed by atoms with Gasteiger partial charge in [-0.05, 0) is 26.0 Å². The Kier molecular flexibility index (Phi) is 3.27. The standard InChI is InChI=1S/C12H14N2O3/c1-3-16-10-6-8(12(15)17-4-2)5-9-7-13-14-11(9)10/h5-7H,3-4H2,1-2H3,(H,13,14). The van der Waals surface area contributed by atoms with E-state index in [1.807, 2.05) is 6.92 Å². The lowest BCUT2D eigenvalue weighted by molar-refractivity contribution is 0.0526. The van der Waals surface area contributed by atoms with Gasteiger partial charge in [0, 0.05) is 5.39 Å². The molecule has 0 aliphatic rings. The molecule has 5 heteroatoms. The third-order valence-corrected chi connectivity index (χ3v) is 2.32. The van der Waals surface area contributed by atoms with Gasteiger partial charge in [-0.1, -0.05) is 0 Å². The summed E-state index contributed by atoms with van der Waals surface area (Å²) >= 11 is 0. The molecule has 0 fully saturated rings. The number of fused-ring (bicyclic) bond motifs is 1. The number of nitrogens with one attached hydrogen (secondary N) is 1. The van der Waals surface area contributed by atoms with Crippen LogP contribution in [0.1, 0.15) is 24.2 Å². The number of ether oxygens (including phenoxy) is 2. The fraction of sp³-hybridized carbons (Fsp3) is 0.333. The maximum Gasteiger partial charge on any atom is 0.338 e. The van der Waals surface area contributed by atoms with E-state index in [-0.39, 0.29) is 5.97 Å². The Morgan fingerprint density at radius 1 is 1.35 bits per heavy atom. The highest BCUT2D eigenvalue weighted by molar-refractivity contribution is 5.96. The van der Waals surface area contributed by atoms with Crippen LogP contribution in [0.5, 0.6) is 5.75 Å². The molecular formula is C12H14N2O3. The molecule has 2 aromatic rings. The van der Waals surface area contributed by atoms with Crippen LogP contribution in [0.25, 0.3) is 10.9 Å². The van der Waals surface area contributed by atoms with Gasteiger partial charge in [-0.3, -0.25) is 5.10 Å². The van der Waals surface area contributed by atoms with E-state index in [0.29, 0.717) is 24.5 Å². The van der Waals surface area contributed by atoms with Crippen LogP contribution in [0.4, 0.5) is 0 Å². The third-order valence-electron chi connectivity index (χ3n) is 2.32. The summed E-state index contributed by atoms with van der Waals surface area (Å²) in [6.45, 7) is 4.55. The van der Waals surface area contributed by atoms with Gasteiger partial charge in [0.2, 0.25) is 0 Å². The maximum atomic E-state index is 11.7. The van der Waals surface area contributed by atoms with Crippen molar-refractivity contribution in [1.82, 2.24) is 10.2 Å². The first-order chi connectivity index (χ1) is 8.26. The van der Waals surface area contributed by atoms with Gasteiger partial charge in [0.25, 0.3) is 0 Å². The van der Waals surface area contributed by atoms with E-state index in [1.54, 1.807) is 25.3 Å². The highest BCUT2D eigenvalue weighted by Crippen LogP contribution is 2.26. The lowest BCUT2D eigenvalue weighted by Crippen LogP contribution is -2.05. The number of H-pyrrole nitrogens is 1. The fourth-order valence-electron chi connectivity index (χ4n) is 1.63. The summed E-state index contributed by atoms with van der Waals surface area (Å²) < 4.78 is 10.4. The molecule has 0 radical (unpaired) electrons. The van der Waals surface area contributed by atoms with Gasteiger partial charge >= 0.3 is 5.97 Å². The molecule has 17 heavy (non-hydrogen) atoms. The van der Waals surface area contributed by atoms with Crippen molar-refractivity contribution in [3.05, 3.63) is 23.9 Å². The lowest BCUT2D eigenvalue weighted by atomic mass is 10.1. The summed E-state index contributed by atoms with van der Waals surface area (Å²) in [5, 5.41) is 7.61. The van der Waals surface area contributed by atoms with Gasteiger partial charge in [0.1, 0.15) is 11.3 Å². The maximum absolute atomic E-state index is 11.7. The van der Waals surface area contributed by atoms with Gasteiger partial charge < -0.3 is 9.47 Å². The zero-order valence-corrected chi connectivity index (χ0v) is 9.82. The zero-order chi connectivity index (χ0) is 12.3. The Morgan fingerprint density at radius 3 is 2.88 bits per heavy atom. The molecule has 0 unspecified atom stereocenters. The molecule has 1 N–H and O–H groups in total. The van der Waals surface area contributed by atoms with Crippen molar-refractivity contribution < 1.29 is 14.3 Å². The van der Waals surface area contributed by atoms with Crippen LogP contribution in [0.3, 0.4) is 0 Å². The first-order valence-corrected chi connectivity index (χ1v) is 5.53. The van der Waals surface area contributed by atoms with Gasteiger partial charge in [0.15, 0.2) is 0 Å². The second-order valence-corrected chi connectivity index (χ2v) is 3.46. The van der Waals surface area contributed by atoms with Crippen molar-refractivity contribution in [3.8, 4) is 5.75 Å². The molecule has 2 rings (SSSR count). The van der Waals surface area contributed by atoms with E-state index in [9.17, 15) is 4.79 Å². The Balaban J connectivity index is 2.47. The second kappa shape index (κ2) is 4.86. The van der Waals surface area contributed by atoms with Crippen LogP contribution < -0.4 is 4.74 Å². The van der Waals surface area contributed by atoms with Crippen LogP contribution in [-0.2, 0) is 4.74 Å². The number of aromatic amines is 1. The normalized spacial score (nSPS) is 10.5. The van der Waals surface area contributed by atoms with E-state index in [4.69, 9.17) is 9.47 Å². The monoisotopic (exact) mass is 234 g/mol. The minimum Gasteiger partial charge on any atom is -0.492 e.